The van der Waals surface area contributed by atoms with Crippen LogP contribution in [0.25, 0.3) is 11.0 Å². The van der Waals surface area contributed by atoms with Crippen molar-refractivity contribution in [2.45, 2.75) is 39.3 Å². The van der Waals surface area contributed by atoms with E-state index in [0.29, 0.717) is 12.6 Å². The summed E-state index contributed by atoms with van der Waals surface area (Å²) >= 11 is 0. The third-order valence-electron chi connectivity index (χ3n) is 5.78. The molecule has 146 valence electrons. The predicted molar refractivity (Wildman–Crippen MR) is 104 cm³/mol. The summed E-state index contributed by atoms with van der Waals surface area (Å²) < 4.78 is 8.73. The number of nitrogens with zero attached hydrogens (tertiary/aromatic N) is 5. The third-order valence-corrected chi connectivity index (χ3v) is 5.78. The summed E-state index contributed by atoms with van der Waals surface area (Å²) in [5, 5.41) is 8.40. The summed E-state index contributed by atoms with van der Waals surface area (Å²) in [5.41, 5.74) is 1.69. The molecule has 0 saturated heterocycles. The number of esters is 1. The van der Waals surface area contributed by atoms with E-state index in [2.05, 4.69) is 32.2 Å². The van der Waals surface area contributed by atoms with Gasteiger partial charge in [-0.05, 0) is 50.0 Å². The zero-order valence-corrected chi connectivity index (χ0v) is 15.9. The van der Waals surface area contributed by atoms with Gasteiger partial charge in [-0.2, -0.15) is 10.1 Å². The van der Waals surface area contributed by atoms with Gasteiger partial charge in [0.05, 0.1) is 18.5 Å². The third kappa shape index (κ3) is 3.46. The van der Waals surface area contributed by atoms with Crippen molar-refractivity contribution in [3.05, 3.63) is 30.9 Å². The largest absolute Gasteiger partial charge is 0.465 e. The summed E-state index contributed by atoms with van der Waals surface area (Å²) in [5.74, 6) is 2.97. The Hall–Kier alpha value is -2.90. The zero-order chi connectivity index (χ0) is 19.1. The Bertz CT molecular complexity index is 999. The fraction of sp³-hybridized carbons (Fsp3) is 0.500. The number of carbonyl (C=O) groups is 1. The summed E-state index contributed by atoms with van der Waals surface area (Å²) in [6.45, 7) is 3.26. The Labute approximate surface area is 162 Å². The van der Waals surface area contributed by atoms with E-state index >= 15 is 0 Å². The molecule has 8 nitrogen and oxygen atoms in total. The van der Waals surface area contributed by atoms with Gasteiger partial charge >= 0.3 is 5.97 Å². The molecule has 8 heteroatoms. The summed E-state index contributed by atoms with van der Waals surface area (Å²) in [7, 11) is 0. The summed E-state index contributed by atoms with van der Waals surface area (Å²) in [6.07, 6.45) is 11.5. The monoisotopic (exact) mass is 380 g/mol. The minimum absolute atomic E-state index is 0.0850. The molecule has 3 aromatic rings. The van der Waals surface area contributed by atoms with Crippen molar-refractivity contribution in [3.8, 4) is 0 Å². The Morgan fingerprint density at radius 3 is 2.96 bits per heavy atom. The van der Waals surface area contributed by atoms with Crippen molar-refractivity contribution in [1.82, 2.24) is 24.3 Å². The highest BCUT2D eigenvalue weighted by atomic mass is 16.5. The molecule has 2 saturated carbocycles. The molecule has 0 amide bonds. The maximum atomic E-state index is 11.6. The first-order valence-corrected chi connectivity index (χ1v) is 9.95. The van der Waals surface area contributed by atoms with Crippen molar-refractivity contribution in [1.29, 1.82) is 0 Å². The second-order valence-electron chi connectivity index (χ2n) is 7.89. The van der Waals surface area contributed by atoms with E-state index in [1.165, 1.54) is 23.9 Å². The Balaban J connectivity index is 1.29. The Morgan fingerprint density at radius 1 is 1.29 bits per heavy atom. The molecule has 2 unspecified atom stereocenters. The van der Waals surface area contributed by atoms with Crippen LogP contribution < -0.4 is 5.32 Å². The molecular formula is C20H24N6O2. The smallest absolute Gasteiger partial charge is 0.327 e. The molecule has 28 heavy (non-hydrogen) atoms. The van der Waals surface area contributed by atoms with E-state index in [1.807, 2.05) is 6.20 Å². The molecule has 0 aliphatic heterocycles. The van der Waals surface area contributed by atoms with Crippen molar-refractivity contribution >= 4 is 28.6 Å². The quantitative estimate of drug-likeness (QED) is 0.634. The maximum Gasteiger partial charge on any atom is 0.327 e. The molecule has 3 aromatic heterocycles. The highest BCUT2D eigenvalue weighted by Crippen LogP contribution is 2.54. The van der Waals surface area contributed by atoms with Crippen LogP contribution in [0.5, 0.6) is 0 Å². The molecule has 2 aliphatic carbocycles. The van der Waals surface area contributed by atoms with Crippen molar-refractivity contribution in [2.24, 2.45) is 17.8 Å². The summed E-state index contributed by atoms with van der Waals surface area (Å²) in [4.78, 5) is 20.7. The first-order valence-electron chi connectivity index (χ1n) is 9.95. The molecule has 2 fully saturated rings. The van der Waals surface area contributed by atoms with Crippen molar-refractivity contribution < 1.29 is 9.53 Å². The van der Waals surface area contributed by atoms with Crippen LogP contribution in [0.4, 0.5) is 11.6 Å². The van der Waals surface area contributed by atoms with Gasteiger partial charge in [0.1, 0.15) is 12.2 Å². The van der Waals surface area contributed by atoms with E-state index in [-0.39, 0.29) is 12.5 Å². The molecule has 3 heterocycles. The van der Waals surface area contributed by atoms with Crippen LogP contribution in [0, 0.1) is 17.8 Å². The molecule has 0 bridgehead atoms. The molecule has 1 N–H and O–H groups in total. The van der Waals surface area contributed by atoms with E-state index in [1.54, 1.807) is 19.3 Å². The minimum Gasteiger partial charge on any atom is -0.465 e. The molecule has 3 atom stereocenters. The van der Waals surface area contributed by atoms with Gasteiger partial charge in [-0.15, -0.1) is 0 Å². The number of aromatic nitrogens is 5. The van der Waals surface area contributed by atoms with Gasteiger partial charge in [-0.25, -0.2) is 4.98 Å². The minimum atomic E-state index is -0.308. The molecular weight excluding hydrogens is 356 g/mol. The van der Waals surface area contributed by atoms with E-state index < -0.39 is 0 Å². The predicted octanol–water partition coefficient (Wildman–Crippen LogP) is 2.98. The van der Waals surface area contributed by atoms with Gasteiger partial charge in [0.25, 0.3) is 0 Å². The van der Waals surface area contributed by atoms with Crippen LogP contribution in [-0.2, 0) is 22.6 Å². The van der Waals surface area contributed by atoms with E-state index in [4.69, 9.17) is 9.72 Å². The van der Waals surface area contributed by atoms with Crippen LogP contribution in [0.3, 0.4) is 0 Å². The fourth-order valence-electron chi connectivity index (χ4n) is 4.43. The van der Waals surface area contributed by atoms with E-state index in [9.17, 15) is 4.79 Å². The molecule has 5 rings (SSSR count). The van der Waals surface area contributed by atoms with Crippen molar-refractivity contribution in [2.75, 3.05) is 11.9 Å². The lowest BCUT2D eigenvalue weighted by Gasteiger charge is -2.13. The lowest BCUT2D eigenvalue weighted by Crippen LogP contribution is -2.13. The number of nitrogens with one attached hydrogen (secondary N) is 1. The standard InChI is InChI=1S/C20H24N6O2/c1-2-28-18(27)12-26-11-17(9-22-26)23-20-21-8-14-3-4-25(19(14)24-20)10-13-5-15-7-16(15)6-13/h3-4,8-9,11,13,15-16H,2,5-7,10,12H2,1H3,(H,21,23,24)/t13?,15-,16?/m0/s1. The van der Waals surface area contributed by atoms with Crippen LogP contribution >= 0.6 is 0 Å². The Morgan fingerprint density at radius 2 is 2.14 bits per heavy atom. The number of fused-ring (bicyclic) bond motifs is 2. The molecule has 0 aromatic carbocycles. The molecule has 0 radical (unpaired) electrons. The lowest BCUT2D eigenvalue weighted by molar-refractivity contribution is -0.144. The second kappa shape index (κ2) is 6.92. The summed E-state index contributed by atoms with van der Waals surface area (Å²) in [6, 6.07) is 2.08. The van der Waals surface area contributed by atoms with E-state index in [0.717, 1.165) is 41.0 Å². The fourth-order valence-corrected chi connectivity index (χ4v) is 4.43. The zero-order valence-electron chi connectivity index (χ0n) is 15.9. The number of carbonyl (C=O) groups excluding carboxylic acids is 1. The van der Waals surface area contributed by atoms with Crippen LogP contribution in [0.2, 0.25) is 0 Å². The number of rotatable bonds is 7. The van der Waals surface area contributed by atoms with Crippen molar-refractivity contribution in [3.63, 3.8) is 0 Å². The van der Waals surface area contributed by atoms with Gasteiger partial charge in [-0.3, -0.25) is 9.48 Å². The second-order valence-corrected chi connectivity index (χ2v) is 7.89. The molecule has 2 aliphatic rings. The first kappa shape index (κ1) is 17.2. The SMILES string of the molecule is CCOC(=O)Cn1cc(Nc2ncc3ccn(CC4CC5C[C@@H]5C4)c3n2)cn1. The van der Waals surface area contributed by atoms with Crippen LogP contribution in [0.1, 0.15) is 26.2 Å². The normalized spacial score (nSPS) is 23.0. The average molecular weight is 380 g/mol. The van der Waals surface area contributed by atoms with Gasteiger partial charge in [0.15, 0.2) is 0 Å². The lowest BCUT2D eigenvalue weighted by atomic mass is 10.0. The highest BCUT2D eigenvalue weighted by molar-refractivity contribution is 5.76. The average Bonchev–Trinajstić information content (AvgIpc) is 3.02. The van der Waals surface area contributed by atoms with Gasteiger partial charge < -0.3 is 14.6 Å². The van der Waals surface area contributed by atoms with Gasteiger partial charge in [0, 0.05) is 30.5 Å². The first-order chi connectivity index (χ1) is 13.7. The van der Waals surface area contributed by atoms with Gasteiger partial charge in [-0.1, -0.05) is 0 Å². The Kier molecular flexibility index (Phi) is 4.26. The molecule has 0 spiro atoms. The van der Waals surface area contributed by atoms with Crippen LogP contribution in [0.15, 0.2) is 30.9 Å². The van der Waals surface area contributed by atoms with Crippen LogP contribution in [-0.4, -0.2) is 36.9 Å². The number of hydrogen-bond acceptors (Lipinski definition) is 6. The number of hydrogen-bond donors (Lipinski definition) is 1. The number of anilines is 2. The number of ether oxygens (including phenoxy) is 1. The maximum absolute atomic E-state index is 11.6. The van der Waals surface area contributed by atoms with Gasteiger partial charge in [0.2, 0.25) is 5.95 Å². The topological polar surface area (TPSA) is 86.9 Å². The highest BCUT2D eigenvalue weighted by Gasteiger charge is 2.45.